The Kier molecular flexibility index (Phi) is 5.52. The Morgan fingerprint density at radius 3 is 2.56 bits per heavy atom. The Balaban J connectivity index is 1.63. The molecular formula is C23H19FN6O2. The van der Waals surface area contributed by atoms with Crippen LogP contribution in [-0.2, 0) is 13.7 Å². The predicted molar refractivity (Wildman–Crippen MR) is 115 cm³/mol. The van der Waals surface area contributed by atoms with E-state index in [2.05, 4.69) is 15.4 Å². The smallest absolute Gasteiger partial charge is 0.368 e. The highest BCUT2D eigenvalue weighted by atomic mass is 19.1. The van der Waals surface area contributed by atoms with E-state index in [-0.39, 0.29) is 17.9 Å². The molecule has 9 heteroatoms. The number of rotatable bonds is 5. The van der Waals surface area contributed by atoms with Gasteiger partial charge >= 0.3 is 5.69 Å². The molecule has 0 amide bonds. The van der Waals surface area contributed by atoms with Gasteiger partial charge in [0.15, 0.2) is 0 Å². The molecule has 4 aromatic rings. The minimum absolute atomic E-state index is 0.163. The van der Waals surface area contributed by atoms with Crippen LogP contribution in [0.1, 0.15) is 22.4 Å². The summed E-state index contributed by atoms with van der Waals surface area (Å²) < 4.78 is 21.8. The van der Waals surface area contributed by atoms with Gasteiger partial charge in [-0.25, -0.2) is 14.2 Å². The fraction of sp³-hybridized carbons (Fsp3) is 0.174. The lowest BCUT2D eigenvalue weighted by molar-refractivity contribution is 0.292. The summed E-state index contributed by atoms with van der Waals surface area (Å²) in [6.07, 6.45) is 0. The summed E-state index contributed by atoms with van der Waals surface area (Å²) in [6.45, 7) is 3.88. The van der Waals surface area contributed by atoms with Crippen LogP contribution in [0.2, 0.25) is 0 Å². The molecule has 8 nitrogen and oxygen atoms in total. The summed E-state index contributed by atoms with van der Waals surface area (Å²) in [5.41, 5.74) is 4.14. The van der Waals surface area contributed by atoms with E-state index in [1.807, 2.05) is 25.1 Å². The Morgan fingerprint density at radius 2 is 1.88 bits per heavy atom. The molecule has 0 saturated heterocycles. The van der Waals surface area contributed by atoms with Gasteiger partial charge in [-0.1, -0.05) is 18.2 Å². The van der Waals surface area contributed by atoms with Crippen LogP contribution >= 0.6 is 0 Å². The number of tetrazole rings is 1. The van der Waals surface area contributed by atoms with Crippen LogP contribution in [0.25, 0.3) is 16.8 Å². The zero-order chi connectivity index (χ0) is 22.8. The molecule has 0 spiro atoms. The van der Waals surface area contributed by atoms with Crippen LogP contribution in [0.5, 0.6) is 5.88 Å². The van der Waals surface area contributed by atoms with Crippen LogP contribution in [0, 0.1) is 31.0 Å². The number of benzene rings is 2. The number of aromatic nitrogens is 5. The van der Waals surface area contributed by atoms with E-state index in [0.717, 1.165) is 21.4 Å². The average Bonchev–Trinajstić information content (AvgIpc) is 3.11. The second-order valence-corrected chi connectivity index (χ2v) is 7.24. The van der Waals surface area contributed by atoms with E-state index in [1.54, 1.807) is 31.2 Å². The molecule has 0 aliphatic carbocycles. The highest BCUT2D eigenvalue weighted by Crippen LogP contribution is 2.28. The lowest BCUT2D eigenvalue weighted by atomic mass is 9.99. The van der Waals surface area contributed by atoms with Crippen molar-refractivity contribution in [3.8, 4) is 28.8 Å². The summed E-state index contributed by atoms with van der Waals surface area (Å²) in [7, 11) is 1.53. The number of halogens is 1. The number of pyridine rings is 1. The summed E-state index contributed by atoms with van der Waals surface area (Å²) in [5, 5.41) is 17.0. The first-order chi connectivity index (χ1) is 15.4. The van der Waals surface area contributed by atoms with E-state index in [0.29, 0.717) is 22.8 Å². The number of ether oxygens (including phenoxy) is 1. The van der Waals surface area contributed by atoms with Crippen molar-refractivity contribution in [1.82, 2.24) is 24.8 Å². The second-order valence-electron chi connectivity index (χ2n) is 7.24. The highest BCUT2D eigenvalue weighted by Gasteiger charge is 2.15. The number of aryl methyl sites for hydroxylation is 3. The van der Waals surface area contributed by atoms with Crippen LogP contribution < -0.4 is 10.4 Å². The number of nitriles is 1. The molecule has 0 saturated carbocycles. The van der Waals surface area contributed by atoms with Crippen molar-refractivity contribution >= 4 is 0 Å². The largest absolute Gasteiger partial charge is 0.473 e. The minimum atomic E-state index is -0.466. The number of nitrogens with zero attached hydrogens (tertiary/aromatic N) is 6. The van der Waals surface area contributed by atoms with Crippen molar-refractivity contribution in [2.75, 3.05) is 0 Å². The van der Waals surface area contributed by atoms with E-state index >= 15 is 0 Å². The summed E-state index contributed by atoms with van der Waals surface area (Å²) in [5.74, 6) is -0.0836. The molecule has 0 N–H and O–H groups in total. The molecule has 4 rings (SSSR count). The number of hydrogen-bond acceptors (Lipinski definition) is 6. The van der Waals surface area contributed by atoms with E-state index in [9.17, 15) is 14.4 Å². The second kappa shape index (κ2) is 8.43. The summed E-state index contributed by atoms with van der Waals surface area (Å²) in [6, 6.07) is 15.1. The van der Waals surface area contributed by atoms with E-state index in [1.165, 1.54) is 23.9 Å². The molecule has 0 unspecified atom stereocenters. The lowest BCUT2D eigenvalue weighted by Crippen LogP contribution is -2.23. The molecule has 160 valence electrons. The third-order valence-electron chi connectivity index (χ3n) is 5.15. The zero-order valence-corrected chi connectivity index (χ0v) is 17.7. The van der Waals surface area contributed by atoms with Crippen molar-refractivity contribution in [3.63, 3.8) is 0 Å². The quantitative estimate of drug-likeness (QED) is 0.482. The minimum Gasteiger partial charge on any atom is -0.473 e. The molecule has 2 aromatic heterocycles. The van der Waals surface area contributed by atoms with Gasteiger partial charge in [-0.2, -0.15) is 14.6 Å². The Morgan fingerprint density at radius 1 is 1.09 bits per heavy atom. The molecule has 2 heterocycles. The van der Waals surface area contributed by atoms with Crippen LogP contribution in [0.3, 0.4) is 0 Å². The SMILES string of the molecule is Cc1cccc(-n2nnn(C)c2=O)c1COc1ccc(-c2ccc(F)cc2C#N)c(C)n1. The van der Waals surface area contributed by atoms with Gasteiger partial charge in [-0.3, -0.25) is 0 Å². The molecule has 0 aliphatic rings. The summed E-state index contributed by atoms with van der Waals surface area (Å²) >= 11 is 0. The maximum absolute atomic E-state index is 13.5. The number of hydrogen-bond donors (Lipinski definition) is 0. The van der Waals surface area contributed by atoms with Gasteiger partial charge < -0.3 is 4.74 Å². The zero-order valence-electron chi connectivity index (χ0n) is 17.7. The fourth-order valence-corrected chi connectivity index (χ4v) is 3.43. The predicted octanol–water partition coefficient (Wildman–Crippen LogP) is 3.23. The maximum atomic E-state index is 13.5. The van der Waals surface area contributed by atoms with Crippen LogP contribution in [0.15, 0.2) is 53.3 Å². The molecule has 2 aromatic carbocycles. The van der Waals surface area contributed by atoms with E-state index < -0.39 is 5.82 Å². The molecule has 32 heavy (non-hydrogen) atoms. The van der Waals surface area contributed by atoms with Crippen molar-refractivity contribution in [2.45, 2.75) is 20.5 Å². The van der Waals surface area contributed by atoms with Gasteiger partial charge in [-0.05, 0) is 54.1 Å². The van der Waals surface area contributed by atoms with Crippen molar-refractivity contribution < 1.29 is 9.13 Å². The van der Waals surface area contributed by atoms with Gasteiger partial charge in [-0.15, -0.1) is 0 Å². The van der Waals surface area contributed by atoms with Gasteiger partial charge in [0, 0.05) is 35.5 Å². The van der Waals surface area contributed by atoms with Crippen molar-refractivity contribution in [1.29, 1.82) is 5.26 Å². The first-order valence-corrected chi connectivity index (χ1v) is 9.77. The molecule has 0 radical (unpaired) electrons. The van der Waals surface area contributed by atoms with Gasteiger partial charge in [0.25, 0.3) is 0 Å². The molecule has 0 atom stereocenters. The van der Waals surface area contributed by atoms with Gasteiger partial charge in [0.05, 0.1) is 17.3 Å². The molecule has 0 bridgehead atoms. The Labute approximate surface area is 183 Å². The first-order valence-electron chi connectivity index (χ1n) is 9.77. The van der Waals surface area contributed by atoms with Crippen LogP contribution in [-0.4, -0.2) is 24.8 Å². The fourth-order valence-electron chi connectivity index (χ4n) is 3.43. The topological polar surface area (TPSA) is 98.6 Å². The first kappa shape index (κ1) is 20.9. The van der Waals surface area contributed by atoms with E-state index in [4.69, 9.17) is 4.74 Å². The van der Waals surface area contributed by atoms with Gasteiger partial charge in [0.2, 0.25) is 5.88 Å². The lowest BCUT2D eigenvalue weighted by Gasteiger charge is -2.14. The monoisotopic (exact) mass is 430 g/mol. The molecule has 0 fully saturated rings. The van der Waals surface area contributed by atoms with Crippen molar-refractivity contribution in [3.05, 3.63) is 87.2 Å². The Hall–Kier alpha value is -4.32. The highest BCUT2D eigenvalue weighted by molar-refractivity contribution is 5.72. The third kappa shape index (κ3) is 3.86. The standard InChI is InChI=1S/C23H19FN6O2/c1-14-5-4-6-21(30-23(31)29(3)27-28-30)20(14)13-32-22-10-9-18(15(2)26-22)19-8-7-17(24)11-16(19)12-25/h4-11H,13H2,1-3H3. The Bertz CT molecular complexity index is 1420. The average molecular weight is 430 g/mol. The molecular weight excluding hydrogens is 411 g/mol. The van der Waals surface area contributed by atoms with Crippen molar-refractivity contribution in [2.24, 2.45) is 7.05 Å². The summed E-state index contributed by atoms with van der Waals surface area (Å²) in [4.78, 5) is 16.8. The third-order valence-corrected chi connectivity index (χ3v) is 5.15. The normalized spacial score (nSPS) is 10.7. The maximum Gasteiger partial charge on any atom is 0.368 e. The van der Waals surface area contributed by atoms with Gasteiger partial charge in [0.1, 0.15) is 12.4 Å². The van der Waals surface area contributed by atoms with Crippen LogP contribution in [0.4, 0.5) is 4.39 Å². The molecule has 0 aliphatic heterocycles.